The van der Waals surface area contributed by atoms with Gasteiger partial charge >= 0.3 is 6.03 Å². The first-order valence-electron chi connectivity index (χ1n) is 4.83. The summed E-state index contributed by atoms with van der Waals surface area (Å²) < 4.78 is 0. The van der Waals surface area contributed by atoms with E-state index in [4.69, 9.17) is 5.41 Å². The summed E-state index contributed by atoms with van der Waals surface area (Å²) in [7, 11) is 3.29. The van der Waals surface area contributed by atoms with E-state index in [1.807, 2.05) is 30.3 Å². The fourth-order valence-corrected chi connectivity index (χ4v) is 1.64. The van der Waals surface area contributed by atoms with Gasteiger partial charge < -0.3 is 4.90 Å². The number of benzene rings is 1. The molecule has 0 heterocycles. The molecule has 0 aliphatic rings. The largest absolute Gasteiger partial charge is 0.331 e. The fourth-order valence-electron chi connectivity index (χ4n) is 0.975. The topological polar surface area (TPSA) is 56.2 Å². The predicted molar refractivity (Wildman–Crippen MR) is 67.7 cm³/mol. The van der Waals surface area contributed by atoms with Gasteiger partial charge in [0.25, 0.3) is 0 Å². The molecule has 2 amide bonds. The number of hydrogen-bond donors (Lipinski definition) is 2. The van der Waals surface area contributed by atoms with Crippen LogP contribution in [-0.2, 0) is 5.75 Å². The Morgan fingerprint density at radius 3 is 2.56 bits per heavy atom. The zero-order valence-corrected chi connectivity index (χ0v) is 10.2. The Morgan fingerprint density at radius 1 is 1.38 bits per heavy atom. The highest BCUT2D eigenvalue weighted by Crippen LogP contribution is 2.11. The molecule has 5 heteroatoms. The van der Waals surface area contributed by atoms with Crippen LogP contribution in [0.2, 0.25) is 0 Å². The maximum absolute atomic E-state index is 11.2. The highest BCUT2D eigenvalue weighted by molar-refractivity contribution is 8.13. The van der Waals surface area contributed by atoms with E-state index in [1.165, 1.54) is 16.7 Å². The number of amidine groups is 1. The van der Waals surface area contributed by atoms with E-state index in [0.717, 1.165) is 5.56 Å². The van der Waals surface area contributed by atoms with Gasteiger partial charge in [0.15, 0.2) is 5.17 Å². The number of thioether (sulfide) groups is 1. The van der Waals surface area contributed by atoms with E-state index in [1.54, 1.807) is 14.1 Å². The van der Waals surface area contributed by atoms with Gasteiger partial charge in [-0.25, -0.2) is 4.79 Å². The molecular formula is C11H15N3OS. The lowest BCUT2D eigenvalue weighted by Gasteiger charge is -2.11. The van der Waals surface area contributed by atoms with Crippen molar-refractivity contribution in [3.8, 4) is 0 Å². The predicted octanol–water partition coefficient (Wildman–Crippen LogP) is 2.13. The van der Waals surface area contributed by atoms with Crippen molar-refractivity contribution in [2.75, 3.05) is 14.1 Å². The van der Waals surface area contributed by atoms with Gasteiger partial charge in [0.05, 0.1) is 0 Å². The zero-order valence-electron chi connectivity index (χ0n) is 9.36. The SMILES string of the molecule is CN(C)C(=O)NC(=N)SCc1ccccc1. The number of hydrogen-bond acceptors (Lipinski definition) is 3. The second kappa shape index (κ2) is 6.17. The second-order valence-electron chi connectivity index (χ2n) is 3.43. The molecule has 0 aromatic heterocycles. The van der Waals surface area contributed by atoms with E-state index in [9.17, 15) is 4.79 Å². The molecule has 0 radical (unpaired) electrons. The summed E-state index contributed by atoms with van der Waals surface area (Å²) in [5.74, 6) is 0.688. The van der Waals surface area contributed by atoms with Gasteiger partial charge in [-0.3, -0.25) is 10.7 Å². The Balaban J connectivity index is 2.34. The van der Waals surface area contributed by atoms with Crippen LogP contribution >= 0.6 is 11.8 Å². The van der Waals surface area contributed by atoms with E-state index >= 15 is 0 Å². The van der Waals surface area contributed by atoms with Crippen molar-refractivity contribution >= 4 is 23.0 Å². The van der Waals surface area contributed by atoms with Crippen LogP contribution in [0.3, 0.4) is 0 Å². The molecule has 1 aromatic carbocycles. The van der Waals surface area contributed by atoms with E-state index in [2.05, 4.69) is 5.32 Å². The third kappa shape index (κ3) is 4.35. The molecular weight excluding hydrogens is 222 g/mol. The number of nitrogens with zero attached hydrogens (tertiary/aromatic N) is 1. The number of urea groups is 1. The quantitative estimate of drug-likeness (QED) is 0.611. The first kappa shape index (κ1) is 12.6. The molecule has 0 aliphatic heterocycles. The summed E-state index contributed by atoms with van der Waals surface area (Å²) in [6, 6.07) is 9.58. The van der Waals surface area contributed by atoms with E-state index in [-0.39, 0.29) is 11.2 Å². The minimum atomic E-state index is -0.273. The molecule has 86 valence electrons. The van der Waals surface area contributed by atoms with Crippen molar-refractivity contribution in [2.24, 2.45) is 0 Å². The lowest BCUT2D eigenvalue weighted by Crippen LogP contribution is -2.36. The van der Waals surface area contributed by atoms with Gasteiger partial charge in [-0.15, -0.1) is 0 Å². The van der Waals surface area contributed by atoms with Gasteiger partial charge in [0, 0.05) is 19.8 Å². The fraction of sp³-hybridized carbons (Fsp3) is 0.273. The molecule has 2 N–H and O–H groups in total. The third-order valence-electron chi connectivity index (χ3n) is 1.85. The van der Waals surface area contributed by atoms with Gasteiger partial charge in [-0.1, -0.05) is 42.1 Å². The lowest BCUT2D eigenvalue weighted by molar-refractivity contribution is 0.222. The number of carbonyl (C=O) groups excluding carboxylic acids is 1. The van der Waals surface area contributed by atoms with Crippen LogP contribution in [0.15, 0.2) is 30.3 Å². The molecule has 0 spiro atoms. The van der Waals surface area contributed by atoms with E-state index in [0.29, 0.717) is 5.75 Å². The smallest absolute Gasteiger partial charge is 0.322 e. The van der Waals surface area contributed by atoms with Crippen LogP contribution in [0.25, 0.3) is 0 Å². The van der Waals surface area contributed by atoms with Crippen LogP contribution in [0, 0.1) is 5.41 Å². The normalized spacial score (nSPS) is 9.62. The molecule has 0 bridgehead atoms. The summed E-state index contributed by atoms with van der Waals surface area (Å²) in [5.41, 5.74) is 1.14. The molecule has 0 saturated heterocycles. The summed E-state index contributed by atoms with van der Waals surface area (Å²) in [6.45, 7) is 0. The molecule has 1 aromatic rings. The Labute approximate surface area is 99.5 Å². The maximum atomic E-state index is 11.2. The monoisotopic (exact) mass is 237 g/mol. The second-order valence-corrected chi connectivity index (χ2v) is 4.41. The van der Waals surface area contributed by atoms with Crippen LogP contribution in [0.4, 0.5) is 4.79 Å². The molecule has 1 rings (SSSR count). The van der Waals surface area contributed by atoms with Crippen molar-refractivity contribution in [1.29, 1.82) is 5.41 Å². The highest BCUT2D eigenvalue weighted by Gasteiger charge is 2.06. The van der Waals surface area contributed by atoms with Crippen molar-refractivity contribution in [1.82, 2.24) is 10.2 Å². The number of rotatable bonds is 2. The van der Waals surface area contributed by atoms with Crippen LogP contribution in [-0.4, -0.2) is 30.2 Å². The van der Waals surface area contributed by atoms with Crippen LogP contribution in [0.1, 0.15) is 5.56 Å². The number of carbonyl (C=O) groups is 1. The average Bonchev–Trinajstić information content (AvgIpc) is 2.27. The molecule has 0 fully saturated rings. The van der Waals surface area contributed by atoms with Crippen LogP contribution in [0.5, 0.6) is 0 Å². The summed E-state index contributed by atoms with van der Waals surface area (Å²) >= 11 is 1.30. The Bertz CT molecular complexity index is 365. The minimum absolute atomic E-state index is 0.169. The summed E-state index contributed by atoms with van der Waals surface area (Å²) in [4.78, 5) is 12.6. The molecule has 16 heavy (non-hydrogen) atoms. The van der Waals surface area contributed by atoms with Crippen molar-refractivity contribution in [2.45, 2.75) is 5.75 Å². The number of nitrogens with one attached hydrogen (secondary N) is 2. The first-order chi connectivity index (χ1) is 7.59. The van der Waals surface area contributed by atoms with Crippen molar-refractivity contribution < 1.29 is 4.79 Å². The van der Waals surface area contributed by atoms with Gasteiger partial charge in [0.2, 0.25) is 0 Å². The molecule has 0 aliphatic carbocycles. The Kier molecular flexibility index (Phi) is 4.85. The minimum Gasteiger partial charge on any atom is -0.331 e. The average molecular weight is 237 g/mol. The van der Waals surface area contributed by atoms with E-state index < -0.39 is 0 Å². The number of amides is 2. The van der Waals surface area contributed by atoms with Gasteiger partial charge in [-0.2, -0.15) is 0 Å². The standard InChI is InChI=1S/C11H15N3OS/c1-14(2)11(15)13-10(12)16-8-9-6-4-3-5-7-9/h3-7H,8H2,1-2H3,(H2,12,13,15). The van der Waals surface area contributed by atoms with Crippen LogP contribution < -0.4 is 5.32 Å². The third-order valence-corrected chi connectivity index (χ3v) is 2.72. The maximum Gasteiger partial charge on any atom is 0.322 e. The zero-order chi connectivity index (χ0) is 12.0. The molecule has 0 atom stereocenters. The van der Waals surface area contributed by atoms with Gasteiger partial charge in [0.1, 0.15) is 0 Å². The van der Waals surface area contributed by atoms with Gasteiger partial charge in [-0.05, 0) is 5.56 Å². The first-order valence-corrected chi connectivity index (χ1v) is 5.81. The molecule has 0 unspecified atom stereocenters. The molecule has 0 saturated carbocycles. The van der Waals surface area contributed by atoms with Crippen molar-refractivity contribution in [3.05, 3.63) is 35.9 Å². The molecule has 4 nitrogen and oxygen atoms in total. The Morgan fingerprint density at radius 2 is 2.00 bits per heavy atom. The summed E-state index contributed by atoms with van der Waals surface area (Å²) in [6.07, 6.45) is 0. The summed E-state index contributed by atoms with van der Waals surface area (Å²) in [5, 5.41) is 10.2. The highest BCUT2D eigenvalue weighted by atomic mass is 32.2. The Hall–Kier alpha value is -1.49. The van der Waals surface area contributed by atoms with Crippen molar-refractivity contribution in [3.63, 3.8) is 0 Å². The lowest BCUT2D eigenvalue weighted by atomic mass is 10.2.